The molecule has 0 bridgehead atoms. The van der Waals surface area contributed by atoms with E-state index >= 15 is 0 Å². The number of rotatable bonds is 3. The summed E-state index contributed by atoms with van der Waals surface area (Å²) >= 11 is 0. The molecule has 0 saturated carbocycles. The van der Waals surface area contributed by atoms with Gasteiger partial charge in [0.25, 0.3) is 0 Å². The highest BCUT2D eigenvalue weighted by molar-refractivity contribution is 5.69. The summed E-state index contributed by atoms with van der Waals surface area (Å²) in [4.78, 5) is 0. The summed E-state index contributed by atoms with van der Waals surface area (Å²) in [6.07, 6.45) is 8.05. The zero-order chi connectivity index (χ0) is 12.9. The van der Waals surface area contributed by atoms with Crippen molar-refractivity contribution in [3.63, 3.8) is 0 Å². The summed E-state index contributed by atoms with van der Waals surface area (Å²) in [6.45, 7) is 0. The monoisotopic (exact) mass is 246 g/mol. The summed E-state index contributed by atoms with van der Waals surface area (Å²) in [5.74, 6) is 0. The van der Waals surface area contributed by atoms with E-state index in [9.17, 15) is 0 Å². The van der Waals surface area contributed by atoms with Crippen molar-refractivity contribution in [1.82, 2.24) is 9.78 Å². The largest absolute Gasteiger partial charge is 0.240 e. The molecular weight excluding hydrogens is 232 g/mol. The molecule has 0 saturated heterocycles. The highest BCUT2D eigenvalue weighted by atomic mass is 15.3. The maximum absolute atomic E-state index is 4.36. The van der Waals surface area contributed by atoms with Crippen molar-refractivity contribution in [3.8, 4) is 5.69 Å². The van der Waals surface area contributed by atoms with Gasteiger partial charge < -0.3 is 0 Å². The summed E-state index contributed by atoms with van der Waals surface area (Å²) in [5.41, 5.74) is 3.35. The first-order chi connectivity index (χ1) is 9.42. The van der Waals surface area contributed by atoms with Gasteiger partial charge in [-0.1, -0.05) is 60.7 Å². The SMILES string of the molecule is C(=Cc1cnn(-c2ccccc2)c1)c1ccccc1. The molecule has 0 aliphatic rings. The number of aromatic nitrogens is 2. The van der Waals surface area contributed by atoms with Crippen LogP contribution in [0.2, 0.25) is 0 Å². The molecule has 1 aromatic heterocycles. The van der Waals surface area contributed by atoms with Gasteiger partial charge in [0.15, 0.2) is 0 Å². The molecule has 1 heterocycles. The van der Waals surface area contributed by atoms with Crippen molar-refractivity contribution >= 4 is 12.2 Å². The van der Waals surface area contributed by atoms with Crippen LogP contribution in [0.3, 0.4) is 0 Å². The van der Waals surface area contributed by atoms with E-state index in [0.29, 0.717) is 0 Å². The minimum atomic E-state index is 1.07. The number of hydrogen-bond acceptors (Lipinski definition) is 1. The Morgan fingerprint density at radius 1 is 0.737 bits per heavy atom. The average molecular weight is 246 g/mol. The number of para-hydroxylation sites is 1. The maximum Gasteiger partial charge on any atom is 0.0645 e. The Morgan fingerprint density at radius 2 is 1.37 bits per heavy atom. The molecule has 3 rings (SSSR count). The second-order valence-corrected chi connectivity index (χ2v) is 4.30. The third-order valence-corrected chi connectivity index (χ3v) is 2.89. The molecular formula is C17H14N2. The van der Waals surface area contributed by atoms with Crippen molar-refractivity contribution in [2.24, 2.45) is 0 Å². The van der Waals surface area contributed by atoms with E-state index in [0.717, 1.165) is 11.3 Å². The Morgan fingerprint density at radius 3 is 2.11 bits per heavy atom. The van der Waals surface area contributed by atoms with Crippen molar-refractivity contribution in [1.29, 1.82) is 0 Å². The van der Waals surface area contributed by atoms with Crippen molar-refractivity contribution < 1.29 is 0 Å². The molecule has 0 atom stereocenters. The van der Waals surface area contributed by atoms with E-state index in [4.69, 9.17) is 0 Å². The molecule has 0 unspecified atom stereocenters. The van der Waals surface area contributed by atoms with E-state index in [2.05, 4.69) is 29.4 Å². The van der Waals surface area contributed by atoms with Gasteiger partial charge in [0.2, 0.25) is 0 Å². The van der Waals surface area contributed by atoms with Gasteiger partial charge in [-0.25, -0.2) is 4.68 Å². The van der Waals surface area contributed by atoms with Crippen LogP contribution in [0.15, 0.2) is 73.1 Å². The molecule has 0 radical (unpaired) electrons. The van der Waals surface area contributed by atoms with E-state index in [1.165, 1.54) is 5.56 Å². The Hall–Kier alpha value is -2.61. The molecule has 3 aromatic rings. The second kappa shape index (κ2) is 5.36. The molecule has 0 aliphatic carbocycles. The van der Waals surface area contributed by atoms with Crippen LogP contribution in [-0.4, -0.2) is 9.78 Å². The first-order valence-corrected chi connectivity index (χ1v) is 6.25. The fourth-order valence-corrected chi connectivity index (χ4v) is 1.90. The molecule has 0 amide bonds. The molecule has 0 spiro atoms. The van der Waals surface area contributed by atoms with E-state index in [1.807, 2.05) is 65.6 Å². The summed E-state index contributed by atoms with van der Waals surface area (Å²) < 4.78 is 1.88. The maximum atomic E-state index is 4.36. The van der Waals surface area contributed by atoms with Crippen molar-refractivity contribution in [2.45, 2.75) is 0 Å². The summed E-state index contributed by atoms with van der Waals surface area (Å²) in [5, 5.41) is 4.36. The van der Waals surface area contributed by atoms with Gasteiger partial charge in [0.1, 0.15) is 0 Å². The van der Waals surface area contributed by atoms with Gasteiger partial charge in [-0.2, -0.15) is 5.10 Å². The summed E-state index contributed by atoms with van der Waals surface area (Å²) in [6, 6.07) is 20.4. The smallest absolute Gasteiger partial charge is 0.0645 e. The zero-order valence-electron chi connectivity index (χ0n) is 10.5. The molecule has 2 nitrogen and oxygen atoms in total. The highest BCUT2D eigenvalue weighted by Gasteiger charge is 1.97. The van der Waals surface area contributed by atoms with Crippen LogP contribution in [-0.2, 0) is 0 Å². The number of hydrogen-bond donors (Lipinski definition) is 0. The van der Waals surface area contributed by atoms with E-state index in [1.54, 1.807) is 0 Å². The van der Waals surface area contributed by atoms with Gasteiger partial charge in [-0.15, -0.1) is 0 Å². The van der Waals surface area contributed by atoms with Crippen LogP contribution >= 0.6 is 0 Å². The topological polar surface area (TPSA) is 17.8 Å². The Kier molecular flexibility index (Phi) is 3.24. The van der Waals surface area contributed by atoms with Crippen LogP contribution < -0.4 is 0 Å². The van der Waals surface area contributed by atoms with Crippen LogP contribution in [0.5, 0.6) is 0 Å². The first kappa shape index (κ1) is 11.5. The first-order valence-electron chi connectivity index (χ1n) is 6.25. The minimum Gasteiger partial charge on any atom is -0.240 e. The lowest BCUT2D eigenvalue weighted by molar-refractivity contribution is 0.880. The molecule has 0 aliphatic heterocycles. The number of benzene rings is 2. The Labute approximate surface area is 112 Å². The lowest BCUT2D eigenvalue weighted by Crippen LogP contribution is -1.92. The van der Waals surface area contributed by atoms with Crippen LogP contribution in [0.4, 0.5) is 0 Å². The predicted octanol–water partition coefficient (Wildman–Crippen LogP) is 4.04. The predicted molar refractivity (Wildman–Crippen MR) is 78.9 cm³/mol. The third kappa shape index (κ3) is 2.80. The van der Waals surface area contributed by atoms with Crippen LogP contribution in [0, 0.1) is 0 Å². The third-order valence-electron chi connectivity index (χ3n) is 2.89. The summed E-state index contributed by atoms with van der Waals surface area (Å²) in [7, 11) is 0. The lowest BCUT2D eigenvalue weighted by Gasteiger charge is -1.98. The molecule has 2 heteroatoms. The molecule has 19 heavy (non-hydrogen) atoms. The molecule has 0 fully saturated rings. The fourth-order valence-electron chi connectivity index (χ4n) is 1.90. The van der Waals surface area contributed by atoms with Crippen molar-refractivity contribution in [2.75, 3.05) is 0 Å². The van der Waals surface area contributed by atoms with Crippen LogP contribution in [0.1, 0.15) is 11.1 Å². The normalized spacial score (nSPS) is 10.9. The average Bonchev–Trinajstić information content (AvgIpc) is 2.96. The van der Waals surface area contributed by atoms with E-state index < -0.39 is 0 Å². The zero-order valence-corrected chi connectivity index (χ0v) is 10.5. The Balaban J connectivity index is 1.81. The van der Waals surface area contributed by atoms with Gasteiger partial charge in [0, 0.05) is 11.8 Å². The number of nitrogens with zero attached hydrogens (tertiary/aromatic N) is 2. The quantitative estimate of drug-likeness (QED) is 0.682. The van der Waals surface area contributed by atoms with Crippen LogP contribution in [0.25, 0.3) is 17.8 Å². The molecule has 92 valence electrons. The highest BCUT2D eigenvalue weighted by Crippen LogP contribution is 2.10. The molecule has 0 N–H and O–H groups in total. The molecule has 2 aromatic carbocycles. The van der Waals surface area contributed by atoms with Crippen molar-refractivity contribution in [3.05, 3.63) is 84.2 Å². The fraction of sp³-hybridized carbons (Fsp3) is 0. The minimum absolute atomic E-state index is 1.07. The van der Waals surface area contributed by atoms with Gasteiger partial charge in [-0.3, -0.25) is 0 Å². The lowest BCUT2D eigenvalue weighted by atomic mass is 10.2. The van der Waals surface area contributed by atoms with Gasteiger partial charge in [-0.05, 0) is 17.7 Å². The van der Waals surface area contributed by atoms with E-state index in [-0.39, 0.29) is 0 Å². The van der Waals surface area contributed by atoms with Gasteiger partial charge >= 0.3 is 0 Å². The second-order valence-electron chi connectivity index (χ2n) is 4.30. The van der Waals surface area contributed by atoms with Gasteiger partial charge in [0.05, 0.1) is 11.9 Å². The Bertz CT molecular complexity index is 667. The standard InChI is InChI=1S/C17H14N2/c1-3-7-15(8-4-1)11-12-16-13-18-19(14-16)17-9-5-2-6-10-17/h1-14H.